The monoisotopic (exact) mass is 1220 g/mol. The van der Waals surface area contributed by atoms with Gasteiger partial charge in [0, 0.05) is 51.9 Å². The lowest BCUT2D eigenvalue weighted by Gasteiger charge is -2.44. The van der Waals surface area contributed by atoms with E-state index in [1.807, 2.05) is 0 Å². The van der Waals surface area contributed by atoms with Gasteiger partial charge in [-0.05, 0) is 202 Å². The molecular weight excluding hydrogens is 1150 g/mol. The van der Waals surface area contributed by atoms with Crippen molar-refractivity contribution in [2.24, 2.45) is 0 Å². The molecule has 6 heterocycles. The van der Waals surface area contributed by atoms with E-state index >= 15 is 0 Å². The number of aromatic nitrogens is 2. The Labute approximate surface area is 555 Å². The number of fused-ring (bicyclic) bond motifs is 10. The van der Waals surface area contributed by atoms with E-state index in [-0.39, 0.29) is 35.1 Å². The minimum Gasteiger partial charge on any atom is -0.458 e. The summed E-state index contributed by atoms with van der Waals surface area (Å²) in [6.07, 6.45) is 4.49. The second kappa shape index (κ2) is 20.9. The number of para-hydroxylation sites is 6. The van der Waals surface area contributed by atoms with Crippen LogP contribution in [-0.2, 0) is 21.7 Å². The van der Waals surface area contributed by atoms with E-state index in [1.165, 1.54) is 33.2 Å². The van der Waals surface area contributed by atoms with Crippen molar-refractivity contribution in [3.63, 3.8) is 0 Å². The van der Waals surface area contributed by atoms with Gasteiger partial charge in [-0.2, -0.15) is 0 Å². The first-order chi connectivity index (χ1) is 45.2. The summed E-state index contributed by atoms with van der Waals surface area (Å²) >= 11 is 0. The Bertz CT molecular complexity index is 4610. The zero-order valence-electron chi connectivity index (χ0n) is 56.1. The van der Waals surface area contributed by atoms with Crippen molar-refractivity contribution in [1.82, 2.24) is 9.97 Å². The molecule has 0 radical (unpaired) electrons. The standard InChI is InChI=1S/C84H78B2N6O2/c1-51-25-13-19-31-65(51)91(66-32-20-14-26-52(66)2)75-49-73-77-79(87-75)89(55-37-39-57-59(45-55)83(9,10)43-41-81(57,5)6)69-35-23-17-29-61(69)85(77)63-47-64-72(48-71(63)93-73)94-74-50-76(92(67-33-21-15-27-53(67)3)68-34-22-16-28-54(68)4)88-80-78(74)86(64)62-30-18-24-36-70(62)90(80)56-38-40-58-60(46-56)84(11,12)44-42-82(58,7)8/h13-40,45-50H,41-44H2,1-12H3. The molecular formula is C84H78B2N6O2. The minimum atomic E-state index is -0.261. The van der Waals surface area contributed by atoms with Crippen LogP contribution in [0.4, 0.5) is 68.8 Å². The predicted molar refractivity (Wildman–Crippen MR) is 393 cm³/mol. The Hall–Kier alpha value is -9.79. The molecule has 0 amide bonds. The van der Waals surface area contributed by atoms with Crippen LogP contribution in [0.25, 0.3) is 0 Å². The number of rotatable bonds is 8. The van der Waals surface area contributed by atoms with Crippen LogP contribution in [0.1, 0.15) is 126 Å². The van der Waals surface area contributed by atoms with Gasteiger partial charge in [-0.3, -0.25) is 19.6 Å². The lowest BCUT2D eigenvalue weighted by atomic mass is 9.31. The summed E-state index contributed by atoms with van der Waals surface area (Å²) in [4.78, 5) is 21.6. The second-order valence-electron chi connectivity index (χ2n) is 30.0. The summed E-state index contributed by atoms with van der Waals surface area (Å²) in [6.45, 7) is 27.5. The third kappa shape index (κ3) is 8.80. The van der Waals surface area contributed by atoms with Crippen LogP contribution >= 0.6 is 0 Å². The summed E-state index contributed by atoms with van der Waals surface area (Å²) < 4.78 is 15.4. The van der Waals surface area contributed by atoms with Crippen molar-refractivity contribution in [2.75, 3.05) is 19.6 Å². The van der Waals surface area contributed by atoms with Gasteiger partial charge in [0.25, 0.3) is 13.4 Å². The zero-order chi connectivity index (χ0) is 64.5. The van der Waals surface area contributed by atoms with Crippen LogP contribution in [0.5, 0.6) is 23.0 Å². The van der Waals surface area contributed by atoms with Gasteiger partial charge in [0.2, 0.25) is 0 Å². The first kappa shape index (κ1) is 58.1. The fourth-order valence-electron chi connectivity index (χ4n) is 16.8. The highest BCUT2D eigenvalue weighted by molar-refractivity contribution is 7.02. The Kier molecular flexibility index (Phi) is 12.9. The molecule has 10 heteroatoms. The molecule has 0 fully saturated rings. The molecule has 4 aliphatic heterocycles. The van der Waals surface area contributed by atoms with Crippen molar-refractivity contribution in [1.29, 1.82) is 0 Å². The topological polar surface area (TPSA) is 57.2 Å². The minimum absolute atomic E-state index is 0.0245. The maximum Gasteiger partial charge on any atom is 0.258 e. The van der Waals surface area contributed by atoms with Crippen LogP contribution in [0.2, 0.25) is 0 Å². The molecule has 94 heavy (non-hydrogen) atoms. The fourth-order valence-corrected chi connectivity index (χ4v) is 16.8. The lowest BCUT2D eigenvalue weighted by Crippen LogP contribution is -2.63. The molecule has 0 saturated heterocycles. The van der Waals surface area contributed by atoms with Crippen molar-refractivity contribution in [3.05, 3.63) is 251 Å². The molecule has 6 aliphatic rings. The highest BCUT2D eigenvalue weighted by Crippen LogP contribution is 2.53. The third-order valence-corrected chi connectivity index (χ3v) is 22.2. The van der Waals surface area contributed by atoms with E-state index in [0.717, 1.165) is 162 Å². The number of ether oxygens (including phenoxy) is 2. The highest BCUT2D eigenvalue weighted by atomic mass is 16.5. The molecule has 0 N–H and O–H groups in total. The van der Waals surface area contributed by atoms with E-state index in [1.54, 1.807) is 0 Å². The summed E-state index contributed by atoms with van der Waals surface area (Å²) in [5.74, 6) is 6.25. The number of hydrogen-bond acceptors (Lipinski definition) is 8. The van der Waals surface area contributed by atoms with E-state index in [4.69, 9.17) is 19.4 Å². The second-order valence-corrected chi connectivity index (χ2v) is 30.0. The van der Waals surface area contributed by atoms with Crippen molar-refractivity contribution >= 4 is 115 Å². The van der Waals surface area contributed by atoms with Gasteiger partial charge >= 0.3 is 0 Å². The molecule has 2 aliphatic carbocycles. The van der Waals surface area contributed by atoms with Gasteiger partial charge in [-0.25, -0.2) is 9.97 Å². The Balaban J connectivity index is 0.911. The van der Waals surface area contributed by atoms with Crippen molar-refractivity contribution < 1.29 is 9.47 Å². The molecule has 11 aromatic rings. The summed E-state index contributed by atoms with van der Waals surface area (Å²) in [7, 11) is 0. The van der Waals surface area contributed by atoms with Gasteiger partial charge in [-0.15, -0.1) is 0 Å². The molecule has 462 valence electrons. The van der Waals surface area contributed by atoms with E-state index in [0.29, 0.717) is 0 Å². The first-order valence-corrected chi connectivity index (χ1v) is 33.8. The SMILES string of the molecule is Cc1ccccc1N(c1cc2c3c(n1)N(c1ccc4c(c1)C(C)(C)CCC4(C)C)c1ccccc1B3c1cc3c(cc1O2)Oc1cc(N(c2ccccc2C)c2ccccc2C)nc2c1B3c1ccccc1N2c1ccc2c(c1)C(C)(C)CCC2(C)C)c1ccccc1C. The molecule has 2 aromatic heterocycles. The molecule has 17 rings (SSSR count). The number of benzene rings is 9. The zero-order valence-corrected chi connectivity index (χ0v) is 56.1. The molecule has 0 spiro atoms. The maximum atomic E-state index is 7.68. The fraction of sp³-hybridized carbons (Fsp3) is 0.238. The molecule has 9 aromatic carbocycles. The Morgan fingerprint density at radius 1 is 0.340 bits per heavy atom. The lowest BCUT2D eigenvalue weighted by molar-refractivity contribution is 0.332. The average molecular weight is 1230 g/mol. The van der Waals surface area contributed by atoms with Gasteiger partial charge in [0.1, 0.15) is 46.3 Å². The van der Waals surface area contributed by atoms with E-state index in [2.05, 4.69) is 309 Å². The quantitative estimate of drug-likeness (QED) is 0.140. The molecule has 0 atom stereocenters. The number of nitrogens with zero attached hydrogens (tertiary/aromatic N) is 6. The smallest absolute Gasteiger partial charge is 0.258 e. The number of aryl methyl sites for hydroxylation is 4. The molecule has 8 nitrogen and oxygen atoms in total. The average Bonchev–Trinajstić information content (AvgIpc) is 0.698. The van der Waals surface area contributed by atoms with E-state index < -0.39 is 0 Å². The van der Waals surface area contributed by atoms with Crippen LogP contribution < -0.4 is 61.9 Å². The van der Waals surface area contributed by atoms with Crippen LogP contribution in [0.15, 0.2) is 206 Å². The number of hydrogen-bond donors (Lipinski definition) is 0. The van der Waals surface area contributed by atoms with Gasteiger partial charge < -0.3 is 9.47 Å². The molecule has 0 saturated carbocycles. The summed E-state index contributed by atoms with van der Waals surface area (Å²) in [5.41, 5.74) is 25.4. The van der Waals surface area contributed by atoms with Crippen LogP contribution in [-0.4, -0.2) is 23.4 Å². The van der Waals surface area contributed by atoms with Gasteiger partial charge in [0.05, 0.1) is 22.7 Å². The predicted octanol–water partition coefficient (Wildman–Crippen LogP) is 18.2. The summed E-state index contributed by atoms with van der Waals surface area (Å²) in [6, 6.07) is 76.1. The van der Waals surface area contributed by atoms with Gasteiger partial charge in [-0.1, -0.05) is 183 Å². The van der Waals surface area contributed by atoms with Crippen molar-refractivity contribution in [3.8, 4) is 23.0 Å². The van der Waals surface area contributed by atoms with Crippen LogP contribution in [0, 0.1) is 27.7 Å². The number of anilines is 12. The Morgan fingerprint density at radius 3 is 1.03 bits per heavy atom. The third-order valence-electron chi connectivity index (χ3n) is 22.2. The maximum absolute atomic E-state index is 7.68. The Morgan fingerprint density at radius 2 is 0.670 bits per heavy atom. The van der Waals surface area contributed by atoms with Crippen LogP contribution in [0.3, 0.4) is 0 Å². The normalized spacial score (nSPS) is 16.6. The first-order valence-electron chi connectivity index (χ1n) is 33.8. The largest absolute Gasteiger partial charge is 0.458 e. The highest BCUT2D eigenvalue weighted by Gasteiger charge is 2.49. The number of pyridine rings is 2. The van der Waals surface area contributed by atoms with Crippen molar-refractivity contribution in [2.45, 2.75) is 130 Å². The molecule has 0 bridgehead atoms. The van der Waals surface area contributed by atoms with E-state index in [9.17, 15) is 0 Å². The molecule has 0 unspecified atom stereocenters. The van der Waals surface area contributed by atoms with Gasteiger partial charge in [0.15, 0.2) is 0 Å². The summed E-state index contributed by atoms with van der Waals surface area (Å²) in [5, 5.41) is 0.